The molecule has 26 heavy (non-hydrogen) atoms. The van der Waals surface area contributed by atoms with Gasteiger partial charge in [-0.15, -0.1) is 0 Å². The molecule has 0 saturated carbocycles. The topological polar surface area (TPSA) is 74.8 Å². The highest BCUT2D eigenvalue weighted by Gasteiger charge is 2.07. The number of rotatable bonds is 6. The molecule has 0 aliphatic heterocycles. The molecule has 0 spiro atoms. The SMILES string of the molecule is O=C(CCCc1nc2ccccc2c(=O)[nH]1)NCc1ccc(F)c(F)c1. The van der Waals surface area contributed by atoms with Gasteiger partial charge in [-0.25, -0.2) is 13.8 Å². The lowest BCUT2D eigenvalue weighted by Crippen LogP contribution is -2.22. The van der Waals surface area contributed by atoms with Gasteiger partial charge >= 0.3 is 0 Å². The lowest BCUT2D eigenvalue weighted by molar-refractivity contribution is -0.121. The van der Waals surface area contributed by atoms with Gasteiger partial charge in [0.1, 0.15) is 5.82 Å². The molecular formula is C19H17F2N3O2. The van der Waals surface area contributed by atoms with Crippen molar-refractivity contribution in [1.82, 2.24) is 15.3 Å². The lowest BCUT2D eigenvalue weighted by atomic mass is 10.2. The number of H-pyrrole nitrogens is 1. The molecule has 0 aliphatic rings. The van der Waals surface area contributed by atoms with E-state index in [2.05, 4.69) is 15.3 Å². The van der Waals surface area contributed by atoms with Crippen LogP contribution in [-0.4, -0.2) is 15.9 Å². The molecule has 0 radical (unpaired) electrons. The van der Waals surface area contributed by atoms with Crippen molar-refractivity contribution in [2.75, 3.05) is 0 Å². The number of hydrogen-bond donors (Lipinski definition) is 2. The number of aromatic amines is 1. The second kappa shape index (κ2) is 7.86. The molecule has 1 aromatic heterocycles. The summed E-state index contributed by atoms with van der Waals surface area (Å²) < 4.78 is 26.0. The van der Waals surface area contributed by atoms with Crippen LogP contribution in [0.15, 0.2) is 47.3 Å². The van der Waals surface area contributed by atoms with E-state index >= 15 is 0 Å². The molecule has 0 saturated heterocycles. The standard InChI is InChI=1S/C19H17F2N3O2/c20-14-9-8-12(10-15(14)21)11-22-18(25)7-3-6-17-23-16-5-2-1-4-13(16)19(26)24-17/h1-2,4-5,8-10H,3,6-7,11H2,(H,22,25)(H,23,24,26). The van der Waals surface area contributed by atoms with Crippen molar-refractivity contribution in [2.24, 2.45) is 0 Å². The first-order valence-corrected chi connectivity index (χ1v) is 8.21. The second-order valence-corrected chi connectivity index (χ2v) is 5.91. The van der Waals surface area contributed by atoms with Crippen molar-refractivity contribution >= 4 is 16.8 Å². The third kappa shape index (κ3) is 4.30. The van der Waals surface area contributed by atoms with Gasteiger partial charge in [0.25, 0.3) is 5.56 Å². The van der Waals surface area contributed by atoms with E-state index in [9.17, 15) is 18.4 Å². The van der Waals surface area contributed by atoms with E-state index in [1.807, 2.05) is 6.07 Å². The summed E-state index contributed by atoms with van der Waals surface area (Å²) in [5, 5.41) is 3.18. The first kappa shape index (κ1) is 17.7. The van der Waals surface area contributed by atoms with Crippen LogP contribution < -0.4 is 10.9 Å². The monoisotopic (exact) mass is 357 g/mol. The Kier molecular flexibility index (Phi) is 5.36. The number of aryl methyl sites for hydroxylation is 1. The van der Waals surface area contributed by atoms with E-state index in [4.69, 9.17) is 0 Å². The number of amides is 1. The van der Waals surface area contributed by atoms with Crippen LogP contribution >= 0.6 is 0 Å². The van der Waals surface area contributed by atoms with Gasteiger partial charge in [-0.3, -0.25) is 9.59 Å². The highest BCUT2D eigenvalue weighted by molar-refractivity contribution is 5.77. The summed E-state index contributed by atoms with van der Waals surface area (Å²) in [4.78, 5) is 30.9. The van der Waals surface area contributed by atoms with Gasteiger partial charge in [-0.05, 0) is 36.2 Å². The Hall–Kier alpha value is -3.09. The molecule has 1 amide bonds. The van der Waals surface area contributed by atoms with Gasteiger partial charge in [-0.2, -0.15) is 0 Å². The second-order valence-electron chi connectivity index (χ2n) is 5.91. The first-order valence-electron chi connectivity index (χ1n) is 8.21. The van der Waals surface area contributed by atoms with Crippen molar-refractivity contribution in [3.63, 3.8) is 0 Å². The van der Waals surface area contributed by atoms with Gasteiger partial charge in [0.15, 0.2) is 11.6 Å². The van der Waals surface area contributed by atoms with E-state index in [0.29, 0.717) is 35.1 Å². The minimum Gasteiger partial charge on any atom is -0.352 e. The molecule has 7 heteroatoms. The molecule has 0 aliphatic carbocycles. The summed E-state index contributed by atoms with van der Waals surface area (Å²) in [6, 6.07) is 10.6. The Morgan fingerprint density at radius 1 is 1.12 bits per heavy atom. The quantitative estimate of drug-likeness (QED) is 0.712. The molecule has 0 atom stereocenters. The van der Waals surface area contributed by atoms with E-state index in [1.165, 1.54) is 6.07 Å². The molecule has 0 fully saturated rings. The van der Waals surface area contributed by atoms with E-state index in [-0.39, 0.29) is 24.4 Å². The number of halogens is 2. The highest BCUT2D eigenvalue weighted by atomic mass is 19.2. The van der Waals surface area contributed by atoms with Crippen LogP contribution in [0.2, 0.25) is 0 Å². The van der Waals surface area contributed by atoms with Crippen LogP contribution in [0.1, 0.15) is 24.2 Å². The predicted molar refractivity (Wildman–Crippen MR) is 93.5 cm³/mol. The zero-order valence-electron chi connectivity index (χ0n) is 13.9. The number of hydrogen-bond acceptors (Lipinski definition) is 3. The minimum absolute atomic E-state index is 0.126. The van der Waals surface area contributed by atoms with Crippen molar-refractivity contribution < 1.29 is 13.6 Å². The smallest absolute Gasteiger partial charge is 0.258 e. The Balaban J connectivity index is 1.50. The Bertz CT molecular complexity index is 1000. The van der Waals surface area contributed by atoms with Crippen LogP contribution in [0, 0.1) is 11.6 Å². The van der Waals surface area contributed by atoms with Crippen LogP contribution in [0.5, 0.6) is 0 Å². The fourth-order valence-corrected chi connectivity index (χ4v) is 2.61. The lowest BCUT2D eigenvalue weighted by Gasteiger charge is -2.06. The van der Waals surface area contributed by atoms with Gasteiger partial charge in [0.05, 0.1) is 10.9 Å². The third-order valence-electron chi connectivity index (χ3n) is 3.95. The largest absolute Gasteiger partial charge is 0.352 e. The average molecular weight is 357 g/mol. The number of nitrogens with zero attached hydrogens (tertiary/aromatic N) is 1. The maximum absolute atomic E-state index is 13.1. The fraction of sp³-hybridized carbons (Fsp3) is 0.211. The third-order valence-corrected chi connectivity index (χ3v) is 3.95. The normalized spacial score (nSPS) is 10.8. The van der Waals surface area contributed by atoms with E-state index in [1.54, 1.807) is 18.2 Å². The summed E-state index contributed by atoms with van der Waals surface area (Å²) in [7, 11) is 0. The number of nitrogens with one attached hydrogen (secondary N) is 2. The summed E-state index contributed by atoms with van der Waals surface area (Å²) in [6.45, 7) is 0.126. The molecule has 2 aromatic carbocycles. The van der Waals surface area contributed by atoms with Gasteiger partial charge in [0.2, 0.25) is 5.91 Å². The van der Waals surface area contributed by atoms with Crippen LogP contribution in [0.3, 0.4) is 0 Å². The molecular weight excluding hydrogens is 340 g/mol. The Labute approximate surface area is 148 Å². The van der Waals surface area contributed by atoms with Gasteiger partial charge < -0.3 is 10.3 Å². The summed E-state index contributed by atoms with van der Waals surface area (Å²) >= 11 is 0. The zero-order valence-corrected chi connectivity index (χ0v) is 13.9. The Morgan fingerprint density at radius 2 is 1.92 bits per heavy atom. The van der Waals surface area contributed by atoms with Gasteiger partial charge in [-0.1, -0.05) is 18.2 Å². The van der Waals surface area contributed by atoms with Crippen LogP contribution in [0.25, 0.3) is 10.9 Å². The average Bonchev–Trinajstić information content (AvgIpc) is 2.63. The number of aromatic nitrogens is 2. The summed E-state index contributed by atoms with van der Waals surface area (Å²) in [5.74, 6) is -1.54. The van der Waals surface area contributed by atoms with Crippen molar-refractivity contribution in [2.45, 2.75) is 25.8 Å². The maximum Gasteiger partial charge on any atom is 0.258 e. The number of para-hydroxylation sites is 1. The molecule has 2 N–H and O–H groups in total. The van der Waals surface area contributed by atoms with Crippen LogP contribution in [0.4, 0.5) is 8.78 Å². The van der Waals surface area contributed by atoms with E-state index in [0.717, 1.165) is 12.1 Å². The predicted octanol–water partition coefficient (Wildman–Crippen LogP) is 2.84. The number of fused-ring (bicyclic) bond motifs is 1. The molecule has 0 unspecified atom stereocenters. The molecule has 1 heterocycles. The summed E-state index contributed by atoms with van der Waals surface area (Å²) in [5.41, 5.74) is 0.903. The van der Waals surface area contributed by atoms with E-state index < -0.39 is 11.6 Å². The number of benzene rings is 2. The van der Waals surface area contributed by atoms with Crippen molar-refractivity contribution in [3.05, 3.63) is 75.8 Å². The molecule has 134 valence electrons. The Morgan fingerprint density at radius 3 is 2.73 bits per heavy atom. The van der Waals surface area contributed by atoms with Gasteiger partial charge in [0, 0.05) is 19.4 Å². The number of carbonyl (C=O) groups excluding carboxylic acids is 1. The summed E-state index contributed by atoms with van der Waals surface area (Å²) in [6.07, 6.45) is 1.20. The molecule has 0 bridgehead atoms. The zero-order chi connectivity index (χ0) is 18.5. The molecule has 3 rings (SSSR count). The van der Waals surface area contributed by atoms with Crippen LogP contribution in [-0.2, 0) is 17.8 Å². The maximum atomic E-state index is 13.1. The van der Waals surface area contributed by atoms with Crippen molar-refractivity contribution in [1.29, 1.82) is 0 Å². The number of carbonyl (C=O) groups is 1. The molecule has 3 aromatic rings. The first-order chi connectivity index (χ1) is 12.5. The fourth-order valence-electron chi connectivity index (χ4n) is 2.61. The van der Waals surface area contributed by atoms with Crippen molar-refractivity contribution in [3.8, 4) is 0 Å². The molecule has 5 nitrogen and oxygen atoms in total. The minimum atomic E-state index is -0.942. The highest BCUT2D eigenvalue weighted by Crippen LogP contribution is 2.09.